The maximum atomic E-state index is 12.2. The van der Waals surface area contributed by atoms with Gasteiger partial charge < -0.3 is 15.0 Å². The van der Waals surface area contributed by atoms with Crippen LogP contribution in [0.25, 0.3) is 0 Å². The molecule has 1 amide bonds. The number of amides is 1. The van der Waals surface area contributed by atoms with Gasteiger partial charge in [-0.25, -0.2) is 0 Å². The Labute approximate surface area is 124 Å². The molecule has 1 aliphatic carbocycles. The number of ether oxygens (including phenoxy) is 1. The molecule has 0 saturated carbocycles. The van der Waals surface area contributed by atoms with Crippen LogP contribution in [0.3, 0.4) is 0 Å². The molecule has 2 atom stereocenters. The first-order valence-corrected chi connectivity index (χ1v) is 7.78. The lowest BCUT2D eigenvalue weighted by atomic mass is 9.87. The Morgan fingerprint density at radius 3 is 3.10 bits per heavy atom. The van der Waals surface area contributed by atoms with Crippen molar-refractivity contribution in [1.29, 1.82) is 0 Å². The Morgan fingerprint density at radius 1 is 1.48 bits per heavy atom. The molecule has 114 valence electrons. The highest BCUT2D eigenvalue weighted by atomic mass is 16.5. The molecule has 1 aliphatic heterocycles. The Kier molecular flexibility index (Phi) is 4.10. The Hall–Kier alpha value is -1.62. The van der Waals surface area contributed by atoms with Gasteiger partial charge in [0.15, 0.2) is 0 Å². The number of aromatic amines is 1. The molecule has 1 fully saturated rings. The van der Waals surface area contributed by atoms with Crippen LogP contribution in [-0.4, -0.2) is 30.1 Å². The number of aryl methyl sites for hydroxylation is 1. The van der Waals surface area contributed by atoms with E-state index in [1.54, 1.807) is 6.07 Å². The van der Waals surface area contributed by atoms with Crippen LogP contribution in [0.4, 0.5) is 0 Å². The first-order chi connectivity index (χ1) is 10.1. The van der Waals surface area contributed by atoms with Gasteiger partial charge in [0, 0.05) is 18.8 Å². The minimum atomic E-state index is -0.298. The first kappa shape index (κ1) is 14.3. The van der Waals surface area contributed by atoms with E-state index in [1.807, 2.05) is 0 Å². The van der Waals surface area contributed by atoms with Gasteiger partial charge in [-0.05, 0) is 49.7 Å². The summed E-state index contributed by atoms with van der Waals surface area (Å²) in [7, 11) is 0. The fourth-order valence-electron chi connectivity index (χ4n) is 3.16. The molecule has 1 saturated heterocycles. The van der Waals surface area contributed by atoms with E-state index in [0.29, 0.717) is 12.5 Å². The summed E-state index contributed by atoms with van der Waals surface area (Å²) in [5, 5.41) is 2.82. The largest absolute Gasteiger partial charge is 0.376 e. The second-order valence-corrected chi connectivity index (χ2v) is 6.21. The lowest BCUT2D eigenvalue weighted by Gasteiger charge is -2.21. The van der Waals surface area contributed by atoms with Gasteiger partial charge in [0.2, 0.25) is 0 Å². The van der Waals surface area contributed by atoms with Crippen LogP contribution >= 0.6 is 0 Å². The summed E-state index contributed by atoms with van der Waals surface area (Å²) in [5.74, 6) is 0.305. The Bertz CT molecular complexity index is 588. The second-order valence-electron chi connectivity index (χ2n) is 6.21. The predicted molar refractivity (Wildman–Crippen MR) is 79.6 cm³/mol. The number of aromatic nitrogens is 1. The normalized spacial score (nSPS) is 24.6. The van der Waals surface area contributed by atoms with Crippen molar-refractivity contribution in [1.82, 2.24) is 10.3 Å². The lowest BCUT2D eigenvalue weighted by Crippen LogP contribution is -2.35. The molecule has 2 heterocycles. The van der Waals surface area contributed by atoms with E-state index < -0.39 is 0 Å². The quantitative estimate of drug-likeness (QED) is 0.884. The third-order valence-corrected chi connectivity index (χ3v) is 4.43. The first-order valence-electron chi connectivity index (χ1n) is 7.78. The summed E-state index contributed by atoms with van der Waals surface area (Å²) in [4.78, 5) is 27.1. The van der Waals surface area contributed by atoms with Crippen LogP contribution < -0.4 is 10.9 Å². The van der Waals surface area contributed by atoms with Crippen molar-refractivity contribution >= 4 is 5.91 Å². The highest BCUT2D eigenvalue weighted by molar-refractivity contribution is 5.94. The maximum absolute atomic E-state index is 12.2. The van der Waals surface area contributed by atoms with Gasteiger partial charge in [-0.2, -0.15) is 0 Å². The monoisotopic (exact) mass is 290 g/mol. The van der Waals surface area contributed by atoms with Crippen LogP contribution in [0.1, 0.15) is 47.8 Å². The minimum absolute atomic E-state index is 0.0886. The van der Waals surface area contributed by atoms with E-state index in [-0.39, 0.29) is 23.1 Å². The number of carbonyl (C=O) groups excluding carboxylic acids is 1. The summed E-state index contributed by atoms with van der Waals surface area (Å²) in [5.41, 5.74) is 2.04. The third-order valence-electron chi connectivity index (χ3n) is 4.43. The highest BCUT2D eigenvalue weighted by Crippen LogP contribution is 2.23. The van der Waals surface area contributed by atoms with Gasteiger partial charge in [-0.1, -0.05) is 6.92 Å². The molecular weight excluding hydrogens is 268 g/mol. The molecule has 1 aromatic heterocycles. The van der Waals surface area contributed by atoms with E-state index in [2.05, 4.69) is 17.2 Å². The third kappa shape index (κ3) is 3.18. The van der Waals surface area contributed by atoms with Crippen LogP contribution in [0.15, 0.2) is 10.9 Å². The molecular formula is C16H22N2O3. The zero-order chi connectivity index (χ0) is 14.8. The molecule has 0 radical (unpaired) electrons. The number of H-pyrrole nitrogens is 1. The smallest absolute Gasteiger partial charge is 0.261 e. The number of pyridine rings is 1. The number of hydrogen-bond acceptors (Lipinski definition) is 3. The zero-order valence-electron chi connectivity index (χ0n) is 12.4. The van der Waals surface area contributed by atoms with Crippen molar-refractivity contribution in [2.75, 3.05) is 13.2 Å². The van der Waals surface area contributed by atoms with Crippen molar-refractivity contribution in [3.05, 3.63) is 33.2 Å². The van der Waals surface area contributed by atoms with E-state index in [4.69, 9.17) is 4.74 Å². The van der Waals surface area contributed by atoms with Crippen molar-refractivity contribution in [3.63, 3.8) is 0 Å². The SMILES string of the molecule is CC1CCc2[nH]c(=O)c(C(=O)NCC3CCCO3)cc2C1. The van der Waals surface area contributed by atoms with Crippen LogP contribution in [-0.2, 0) is 17.6 Å². The number of fused-ring (bicyclic) bond motifs is 1. The molecule has 2 unspecified atom stereocenters. The van der Waals surface area contributed by atoms with Crippen LogP contribution in [0, 0.1) is 5.92 Å². The maximum Gasteiger partial charge on any atom is 0.261 e. The topological polar surface area (TPSA) is 71.2 Å². The van der Waals surface area contributed by atoms with E-state index in [0.717, 1.165) is 50.0 Å². The molecule has 0 bridgehead atoms. The van der Waals surface area contributed by atoms with E-state index in [1.165, 1.54) is 0 Å². The summed E-state index contributed by atoms with van der Waals surface area (Å²) in [6.45, 7) is 3.44. The molecule has 1 aromatic rings. The predicted octanol–water partition coefficient (Wildman–Crippen LogP) is 1.41. The number of rotatable bonds is 3. The number of carbonyl (C=O) groups is 1. The number of hydrogen-bond donors (Lipinski definition) is 2. The van der Waals surface area contributed by atoms with Crippen molar-refractivity contribution in [3.8, 4) is 0 Å². The molecule has 2 N–H and O–H groups in total. The van der Waals surface area contributed by atoms with Gasteiger partial charge in [0.05, 0.1) is 6.10 Å². The number of nitrogens with one attached hydrogen (secondary N) is 2. The summed E-state index contributed by atoms with van der Waals surface area (Å²) in [6.07, 6.45) is 5.01. The zero-order valence-corrected chi connectivity index (χ0v) is 12.4. The lowest BCUT2D eigenvalue weighted by molar-refractivity contribution is 0.0856. The van der Waals surface area contributed by atoms with Crippen molar-refractivity contribution in [2.24, 2.45) is 5.92 Å². The van der Waals surface area contributed by atoms with Crippen molar-refractivity contribution < 1.29 is 9.53 Å². The average molecular weight is 290 g/mol. The molecule has 3 rings (SSSR count). The van der Waals surface area contributed by atoms with Crippen LogP contribution in [0.5, 0.6) is 0 Å². The van der Waals surface area contributed by atoms with Gasteiger partial charge in [-0.3, -0.25) is 9.59 Å². The van der Waals surface area contributed by atoms with Gasteiger partial charge in [0.25, 0.3) is 11.5 Å². The highest BCUT2D eigenvalue weighted by Gasteiger charge is 2.21. The van der Waals surface area contributed by atoms with E-state index >= 15 is 0 Å². The van der Waals surface area contributed by atoms with Crippen molar-refractivity contribution in [2.45, 2.75) is 45.1 Å². The molecule has 2 aliphatic rings. The summed E-state index contributed by atoms with van der Waals surface area (Å²) >= 11 is 0. The van der Waals surface area contributed by atoms with Gasteiger partial charge in [0.1, 0.15) is 5.56 Å². The minimum Gasteiger partial charge on any atom is -0.376 e. The summed E-state index contributed by atoms with van der Waals surface area (Å²) < 4.78 is 5.47. The fraction of sp³-hybridized carbons (Fsp3) is 0.625. The standard InChI is InChI=1S/C16H22N2O3/c1-10-4-5-14-11(7-10)8-13(16(20)18-14)15(19)17-9-12-3-2-6-21-12/h8,10,12H,2-7,9H2,1H3,(H,17,19)(H,18,20). The van der Waals surface area contributed by atoms with Gasteiger partial charge >= 0.3 is 0 Å². The van der Waals surface area contributed by atoms with E-state index in [9.17, 15) is 9.59 Å². The fourth-order valence-corrected chi connectivity index (χ4v) is 3.16. The molecule has 5 heteroatoms. The molecule has 0 aromatic carbocycles. The summed E-state index contributed by atoms with van der Waals surface area (Å²) in [6, 6.07) is 1.77. The molecule has 5 nitrogen and oxygen atoms in total. The molecule has 0 spiro atoms. The molecule has 21 heavy (non-hydrogen) atoms. The second kappa shape index (κ2) is 6.02. The average Bonchev–Trinajstić information content (AvgIpc) is 2.98. The Balaban J connectivity index is 1.73. The Morgan fingerprint density at radius 2 is 2.33 bits per heavy atom. The van der Waals surface area contributed by atoms with Crippen LogP contribution in [0.2, 0.25) is 0 Å². The van der Waals surface area contributed by atoms with Gasteiger partial charge in [-0.15, -0.1) is 0 Å².